The molecule has 0 spiro atoms. The number of allylic oxidation sites excluding steroid dienone is 3. The molecule has 0 unspecified atom stereocenters. The second-order valence-corrected chi connectivity index (χ2v) is 5.06. The number of rotatable bonds is 4. The van der Waals surface area contributed by atoms with Gasteiger partial charge in [-0.3, -0.25) is 0 Å². The van der Waals surface area contributed by atoms with Crippen LogP contribution < -0.4 is 5.32 Å². The van der Waals surface area contributed by atoms with Gasteiger partial charge in [-0.1, -0.05) is 60.6 Å². The van der Waals surface area contributed by atoms with Gasteiger partial charge in [-0.15, -0.1) is 0 Å². The first-order valence-electron chi connectivity index (χ1n) is 7.02. The fourth-order valence-electron chi connectivity index (χ4n) is 1.79. The number of aryl methyl sites for hydroxylation is 1. The second kappa shape index (κ2) is 9.60. The van der Waals surface area contributed by atoms with E-state index in [1.165, 1.54) is 11.1 Å². The highest BCUT2D eigenvalue weighted by Crippen LogP contribution is 2.26. The summed E-state index contributed by atoms with van der Waals surface area (Å²) in [5.74, 6) is 0. The fourth-order valence-corrected chi connectivity index (χ4v) is 2.50. The third kappa shape index (κ3) is 5.01. The van der Waals surface area contributed by atoms with Crippen LogP contribution in [-0.4, -0.2) is 0 Å². The van der Waals surface area contributed by atoms with Gasteiger partial charge in [0, 0.05) is 21.4 Å². The molecule has 1 N–H and O–H groups in total. The quantitative estimate of drug-likeness (QED) is 0.644. The van der Waals surface area contributed by atoms with Crippen LogP contribution in [0.3, 0.4) is 0 Å². The van der Waals surface area contributed by atoms with E-state index in [4.69, 9.17) is 0 Å². The minimum atomic E-state index is 0.911. The van der Waals surface area contributed by atoms with E-state index in [-0.39, 0.29) is 0 Å². The van der Waals surface area contributed by atoms with E-state index in [2.05, 4.69) is 59.9 Å². The molecule has 1 aromatic rings. The smallest absolute Gasteiger partial charge is 0.0398 e. The number of hydrogen-bond acceptors (Lipinski definition) is 1. The molecule has 0 aliphatic carbocycles. The van der Waals surface area contributed by atoms with Crippen LogP contribution in [0.15, 0.2) is 52.7 Å². The monoisotopic (exact) mass is 335 g/mol. The lowest BCUT2D eigenvalue weighted by Crippen LogP contribution is -2.13. The molecule has 2 heteroatoms. The van der Waals surface area contributed by atoms with Crippen molar-refractivity contribution in [2.75, 3.05) is 0 Å². The Morgan fingerprint density at radius 2 is 1.80 bits per heavy atom. The Hall–Kier alpha value is -1.28. The van der Waals surface area contributed by atoms with Gasteiger partial charge < -0.3 is 5.32 Å². The van der Waals surface area contributed by atoms with E-state index >= 15 is 0 Å². The van der Waals surface area contributed by atoms with Gasteiger partial charge in [0.25, 0.3) is 0 Å². The standard InChI is InChI=1S/C16H20BrN.C2H6/c1-6-11(3)15(7-2)18-13(5)16-12(4)9-8-10-14(16)17;1-2/h6-10,18H,5H2,1-4H3;1-2H3/b11-6-,15-7+;. The zero-order chi connectivity index (χ0) is 15.7. The minimum absolute atomic E-state index is 0.911. The molecule has 1 rings (SSSR count). The molecule has 0 saturated carbocycles. The van der Waals surface area contributed by atoms with Crippen molar-refractivity contribution in [2.24, 2.45) is 0 Å². The van der Waals surface area contributed by atoms with Gasteiger partial charge in [0.15, 0.2) is 0 Å². The zero-order valence-electron chi connectivity index (χ0n) is 13.5. The molecule has 0 amide bonds. The van der Waals surface area contributed by atoms with Crippen molar-refractivity contribution in [1.82, 2.24) is 5.32 Å². The van der Waals surface area contributed by atoms with Gasteiger partial charge in [0.05, 0.1) is 0 Å². The average molecular weight is 336 g/mol. The lowest BCUT2D eigenvalue weighted by Gasteiger charge is -2.16. The van der Waals surface area contributed by atoms with Crippen LogP contribution in [0.5, 0.6) is 0 Å². The number of nitrogens with one attached hydrogen (secondary N) is 1. The van der Waals surface area contributed by atoms with Gasteiger partial charge in [0.2, 0.25) is 0 Å². The molecule has 1 aromatic carbocycles. The topological polar surface area (TPSA) is 12.0 Å². The average Bonchev–Trinajstić information content (AvgIpc) is 2.45. The summed E-state index contributed by atoms with van der Waals surface area (Å²) in [6.07, 6.45) is 4.15. The molecule has 1 nitrogen and oxygen atoms in total. The normalized spacial score (nSPS) is 11.6. The number of benzene rings is 1. The molecule has 0 fully saturated rings. The Bertz CT molecular complexity index is 490. The molecule has 0 atom stereocenters. The molecule has 0 bridgehead atoms. The van der Waals surface area contributed by atoms with Crippen molar-refractivity contribution in [3.8, 4) is 0 Å². The van der Waals surface area contributed by atoms with Gasteiger partial charge in [-0.25, -0.2) is 0 Å². The lowest BCUT2D eigenvalue weighted by molar-refractivity contribution is 1.07. The van der Waals surface area contributed by atoms with Crippen molar-refractivity contribution >= 4 is 21.6 Å². The van der Waals surface area contributed by atoms with Crippen molar-refractivity contribution in [2.45, 2.75) is 41.5 Å². The molecule has 20 heavy (non-hydrogen) atoms. The first-order valence-corrected chi connectivity index (χ1v) is 7.81. The molecule has 110 valence electrons. The van der Waals surface area contributed by atoms with Crippen LogP contribution in [0.4, 0.5) is 0 Å². The molecular formula is C18H26BrN. The molecule has 0 saturated heterocycles. The Kier molecular flexibility index (Phi) is 8.98. The number of hydrogen-bond donors (Lipinski definition) is 1. The third-order valence-electron chi connectivity index (χ3n) is 2.96. The Balaban J connectivity index is 0.00000172. The van der Waals surface area contributed by atoms with E-state index in [9.17, 15) is 0 Å². The highest BCUT2D eigenvalue weighted by atomic mass is 79.9. The maximum atomic E-state index is 4.14. The maximum absolute atomic E-state index is 4.14. The van der Waals surface area contributed by atoms with Gasteiger partial charge >= 0.3 is 0 Å². The van der Waals surface area contributed by atoms with Crippen LogP contribution in [0.1, 0.15) is 45.7 Å². The summed E-state index contributed by atoms with van der Waals surface area (Å²) in [6, 6.07) is 6.15. The molecule has 0 aliphatic heterocycles. The molecule has 0 heterocycles. The van der Waals surface area contributed by atoms with Gasteiger partial charge in [0.1, 0.15) is 0 Å². The molecule has 0 aromatic heterocycles. The summed E-state index contributed by atoms with van der Waals surface area (Å²) in [5.41, 5.74) is 5.55. The first-order chi connectivity index (χ1) is 9.51. The highest BCUT2D eigenvalue weighted by molar-refractivity contribution is 9.10. The van der Waals surface area contributed by atoms with Crippen LogP contribution in [0.2, 0.25) is 0 Å². The second-order valence-electron chi connectivity index (χ2n) is 4.21. The van der Waals surface area contributed by atoms with Crippen LogP contribution in [-0.2, 0) is 0 Å². The van der Waals surface area contributed by atoms with E-state index in [0.717, 1.165) is 21.4 Å². The van der Waals surface area contributed by atoms with Crippen LogP contribution in [0.25, 0.3) is 5.70 Å². The van der Waals surface area contributed by atoms with E-state index in [1.807, 2.05) is 39.8 Å². The molecule has 0 aliphatic rings. The Morgan fingerprint density at radius 3 is 2.25 bits per heavy atom. The summed E-state index contributed by atoms with van der Waals surface area (Å²) >= 11 is 3.58. The maximum Gasteiger partial charge on any atom is 0.0398 e. The van der Waals surface area contributed by atoms with Crippen molar-refractivity contribution in [3.05, 3.63) is 63.8 Å². The van der Waals surface area contributed by atoms with E-state index < -0.39 is 0 Å². The van der Waals surface area contributed by atoms with Gasteiger partial charge in [-0.2, -0.15) is 0 Å². The van der Waals surface area contributed by atoms with Crippen molar-refractivity contribution in [1.29, 1.82) is 0 Å². The third-order valence-corrected chi connectivity index (χ3v) is 3.62. The lowest BCUT2D eigenvalue weighted by atomic mass is 10.1. The molecule has 0 radical (unpaired) electrons. The highest BCUT2D eigenvalue weighted by Gasteiger charge is 2.08. The van der Waals surface area contributed by atoms with Crippen molar-refractivity contribution < 1.29 is 0 Å². The van der Waals surface area contributed by atoms with Crippen LogP contribution in [0, 0.1) is 6.92 Å². The summed E-state index contributed by atoms with van der Waals surface area (Å²) in [7, 11) is 0. The van der Waals surface area contributed by atoms with Crippen molar-refractivity contribution in [3.63, 3.8) is 0 Å². The summed E-state index contributed by atoms with van der Waals surface area (Å²) in [5, 5.41) is 3.38. The predicted molar refractivity (Wildman–Crippen MR) is 95.6 cm³/mol. The largest absolute Gasteiger partial charge is 0.356 e. The SMILES string of the molecule is C=C(NC(=C/C)/C(C)=C\C)c1c(C)cccc1Br.CC. The minimum Gasteiger partial charge on any atom is -0.356 e. The Labute approximate surface area is 132 Å². The first kappa shape index (κ1) is 18.7. The fraction of sp³-hybridized carbons (Fsp3) is 0.333. The van der Waals surface area contributed by atoms with E-state index in [0.29, 0.717) is 0 Å². The zero-order valence-corrected chi connectivity index (χ0v) is 15.1. The van der Waals surface area contributed by atoms with Gasteiger partial charge in [-0.05, 0) is 44.9 Å². The number of halogens is 1. The molecular weight excluding hydrogens is 310 g/mol. The van der Waals surface area contributed by atoms with E-state index in [1.54, 1.807) is 0 Å². The predicted octanol–water partition coefficient (Wildman–Crippen LogP) is 6.21. The summed E-state index contributed by atoms with van der Waals surface area (Å²) in [4.78, 5) is 0. The summed E-state index contributed by atoms with van der Waals surface area (Å²) < 4.78 is 1.06. The van der Waals surface area contributed by atoms with Crippen LogP contribution >= 0.6 is 15.9 Å². The summed E-state index contributed by atoms with van der Waals surface area (Å²) in [6.45, 7) is 16.4. The Morgan fingerprint density at radius 1 is 1.20 bits per heavy atom.